The number of anilines is 1. The quantitative estimate of drug-likeness (QED) is 0.847. The number of aromatic nitrogens is 1. The lowest BCUT2D eigenvalue weighted by Gasteiger charge is -2.25. The van der Waals surface area contributed by atoms with Crippen LogP contribution in [0.1, 0.15) is 0 Å². The summed E-state index contributed by atoms with van der Waals surface area (Å²) in [6.45, 7) is 2.15. The van der Waals surface area contributed by atoms with Gasteiger partial charge in [-0.3, -0.25) is 9.59 Å². The second-order valence-corrected chi connectivity index (χ2v) is 4.56. The van der Waals surface area contributed by atoms with Gasteiger partial charge in [-0.15, -0.1) is 0 Å². The summed E-state index contributed by atoms with van der Waals surface area (Å²) in [7, 11) is 0. The smallest absolute Gasteiger partial charge is 0.249 e. The first kappa shape index (κ1) is 14.5. The lowest BCUT2D eigenvalue weighted by atomic mass is 10.3. The number of hydrogen-bond donors (Lipinski definition) is 1. The average molecular weight is 296 g/mol. The van der Waals surface area contributed by atoms with Gasteiger partial charge in [-0.1, -0.05) is 11.6 Å². The Morgan fingerprint density at radius 1 is 1.30 bits per heavy atom. The Bertz CT molecular complexity index is 510. The van der Waals surface area contributed by atoms with Gasteiger partial charge < -0.3 is 15.0 Å². The van der Waals surface area contributed by atoms with E-state index in [1.807, 2.05) is 0 Å². The minimum atomic E-state index is -0.415. The van der Waals surface area contributed by atoms with Crippen LogP contribution in [0.5, 0.6) is 0 Å². The van der Waals surface area contributed by atoms with Gasteiger partial charge in [0.15, 0.2) is 0 Å². The molecule has 6 nitrogen and oxygen atoms in total. The van der Waals surface area contributed by atoms with Crippen molar-refractivity contribution in [3.63, 3.8) is 0 Å². The third kappa shape index (κ3) is 4.32. The van der Waals surface area contributed by atoms with Crippen molar-refractivity contribution in [3.05, 3.63) is 35.5 Å². The number of morpholine rings is 1. The van der Waals surface area contributed by atoms with E-state index >= 15 is 0 Å². The molecule has 0 unspecified atom stereocenters. The van der Waals surface area contributed by atoms with Crippen molar-refractivity contribution in [2.45, 2.75) is 0 Å². The fourth-order valence-electron chi connectivity index (χ4n) is 1.65. The van der Waals surface area contributed by atoms with Crippen LogP contribution >= 0.6 is 11.6 Å². The van der Waals surface area contributed by atoms with Crippen molar-refractivity contribution < 1.29 is 14.3 Å². The molecule has 0 bridgehead atoms. The van der Waals surface area contributed by atoms with Gasteiger partial charge in [-0.25, -0.2) is 4.98 Å². The summed E-state index contributed by atoms with van der Waals surface area (Å²) >= 11 is 5.69. The van der Waals surface area contributed by atoms with Gasteiger partial charge >= 0.3 is 0 Å². The van der Waals surface area contributed by atoms with E-state index in [0.29, 0.717) is 37.1 Å². The molecule has 1 N–H and O–H groups in total. The summed E-state index contributed by atoms with van der Waals surface area (Å²) < 4.78 is 5.15. The molecular formula is C13H14ClN3O3. The molecule has 20 heavy (non-hydrogen) atoms. The highest BCUT2D eigenvalue weighted by Crippen LogP contribution is 2.09. The Hall–Kier alpha value is -1.92. The molecule has 106 valence electrons. The molecule has 2 heterocycles. The van der Waals surface area contributed by atoms with Crippen LogP contribution in [-0.4, -0.2) is 48.0 Å². The predicted octanol–water partition coefficient (Wildman–Crippen LogP) is 1.09. The van der Waals surface area contributed by atoms with Crippen LogP contribution in [0.25, 0.3) is 0 Å². The van der Waals surface area contributed by atoms with Crippen LogP contribution < -0.4 is 5.32 Å². The molecule has 1 fully saturated rings. The number of hydrogen-bond acceptors (Lipinski definition) is 4. The first-order valence-electron chi connectivity index (χ1n) is 6.12. The summed E-state index contributed by atoms with van der Waals surface area (Å²) in [5, 5.41) is 3.02. The molecule has 1 aromatic heterocycles. The van der Waals surface area contributed by atoms with Crippen molar-refractivity contribution >= 4 is 29.2 Å². The number of amides is 2. The van der Waals surface area contributed by atoms with E-state index in [2.05, 4.69) is 10.3 Å². The zero-order valence-corrected chi connectivity index (χ0v) is 11.5. The zero-order chi connectivity index (χ0) is 14.4. The van der Waals surface area contributed by atoms with Crippen molar-refractivity contribution in [2.75, 3.05) is 31.6 Å². The lowest BCUT2D eigenvalue weighted by Crippen LogP contribution is -2.39. The predicted molar refractivity (Wildman–Crippen MR) is 74.4 cm³/mol. The molecule has 0 saturated carbocycles. The number of rotatable bonds is 3. The van der Waals surface area contributed by atoms with E-state index in [0.717, 1.165) is 0 Å². The second kappa shape index (κ2) is 7.02. The topological polar surface area (TPSA) is 71.5 Å². The molecule has 2 amide bonds. The van der Waals surface area contributed by atoms with E-state index in [-0.39, 0.29) is 5.91 Å². The monoisotopic (exact) mass is 295 g/mol. The van der Waals surface area contributed by atoms with Gasteiger partial charge in [0.05, 0.1) is 18.2 Å². The van der Waals surface area contributed by atoms with Crippen LogP contribution in [0.2, 0.25) is 5.02 Å². The number of ether oxygens (including phenoxy) is 1. The Balaban J connectivity index is 1.85. The Morgan fingerprint density at radius 2 is 2.05 bits per heavy atom. The molecule has 1 aliphatic heterocycles. The van der Waals surface area contributed by atoms with Crippen LogP contribution in [0.3, 0.4) is 0 Å². The van der Waals surface area contributed by atoms with Crippen LogP contribution in [0, 0.1) is 0 Å². The molecule has 0 aliphatic carbocycles. The number of carbonyl (C=O) groups is 2. The molecule has 7 heteroatoms. The van der Waals surface area contributed by atoms with E-state index in [1.54, 1.807) is 17.0 Å². The van der Waals surface area contributed by atoms with Gasteiger partial charge in [0, 0.05) is 31.4 Å². The van der Waals surface area contributed by atoms with E-state index in [9.17, 15) is 9.59 Å². The number of nitrogens with zero attached hydrogens (tertiary/aromatic N) is 2. The molecule has 1 saturated heterocycles. The van der Waals surface area contributed by atoms with Gasteiger partial charge in [-0.05, 0) is 12.1 Å². The van der Waals surface area contributed by atoms with E-state index in [1.165, 1.54) is 18.3 Å². The second-order valence-electron chi connectivity index (χ2n) is 4.12. The maximum atomic E-state index is 11.8. The number of nitrogens with one attached hydrogen (secondary N) is 1. The van der Waals surface area contributed by atoms with Crippen molar-refractivity contribution in [1.82, 2.24) is 9.88 Å². The zero-order valence-electron chi connectivity index (χ0n) is 10.7. The molecule has 1 aliphatic rings. The van der Waals surface area contributed by atoms with Gasteiger partial charge in [-0.2, -0.15) is 0 Å². The maximum Gasteiger partial charge on any atom is 0.249 e. The minimum Gasteiger partial charge on any atom is -0.378 e. The van der Waals surface area contributed by atoms with E-state index in [4.69, 9.17) is 16.3 Å². The number of carbonyl (C=O) groups excluding carboxylic acids is 2. The standard InChI is InChI=1S/C13H14ClN3O3/c14-10-1-2-11(15-9-10)16-12(18)3-4-13(19)17-5-7-20-8-6-17/h1-4,9H,5-8H2,(H,15,16,18)/b4-3-. The van der Waals surface area contributed by atoms with Crippen molar-refractivity contribution in [2.24, 2.45) is 0 Å². The molecule has 2 rings (SSSR count). The normalized spacial score (nSPS) is 15.3. The molecule has 1 aromatic rings. The highest BCUT2D eigenvalue weighted by Gasteiger charge is 2.14. The van der Waals surface area contributed by atoms with Crippen molar-refractivity contribution in [3.8, 4) is 0 Å². The number of pyridine rings is 1. The van der Waals surface area contributed by atoms with Crippen LogP contribution in [-0.2, 0) is 14.3 Å². The molecule has 0 radical (unpaired) electrons. The first-order valence-corrected chi connectivity index (χ1v) is 6.50. The summed E-state index contributed by atoms with van der Waals surface area (Å²) in [6.07, 6.45) is 3.87. The largest absolute Gasteiger partial charge is 0.378 e. The molecule has 0 spiro atoms. The fourth-order valence-corrected chi connectivity index (χ4v) is 1.77. The van der Waals surface area contributed by atoms with Crippen LogP contribution in [0.15, 0.2) is 30.5 Å². The van der Waals surface area contributed by atoms with Crippen molar-refractivity contribution in [1.29, 1.82) is 0 Å². The van der Waals surface area contributed by atoms with Gasteiger partial charge in [0.2, 0.25) is 11.8 Å². The van der Waals surface area contributed by atoms with Crippen LogP contribution in [0.4, 0.5) is 5.82 Å². The summed E-state index contributed by atoms with van der Waals surface area (Å²) in [5.41, 5.74) is 0. The highest BCUT2D eigenvalue weighted by molar-refractivity contribution is 6.30. The SMILES string of the molecule is O=C(/C=C\C(=O)N1CCOCC1)Nc1ccc(Cl)cn1. The summed E-state index contributed by atoms with van der Waals surface area (Å²) in [4.78, 5) is 28.9. The minimum absolute atomic E-state index is 0.201. The van der Waals surface area contributed by atoms with E-state index < -0.39 is 5.91 Å². The third-order valence-corrected chi connectivity index (χ3v) is 2.90. The average Bonchev–Trinajstić information content (AvgIpc) is 2.48. The first-order chi connectivity index (χ1) is 9.65. The molecular weight excluding hydrogens is 282 g/mol. The highest BCUT2D eigenvalue weighted by atomic mass is 35.5. The Kier molecular flexibility index (Phi) is 5.09. The third-order valence-electron chi connectivity index (χ3n) is 2.68. The fraction of sp³-hybridized carbons (Fsp3) is 0.308. The van der Waals surface area contributed by atoms with Gasteiger partial charge in [0.1, 0.15) is 5.82 Å². The Labute approximate surface area is 121 Å². The number of halogens is 1. The lowest BCUT2D eigenvalue weighted by molar-refractivity contribution is -0.130. The molecule has 0 atom stereocenters. The Morgan fingerprint density at radius 3 is 2.70 bits per heavy atom. The summed E-state index contributed by atoms with van der Waals surface area (Å²) in [6, 6.07) is 3.20. The van der Waals surface area contributed by atoms with Gasteiger partial charge in [0.25, 0.3) is 0 Å². The molecule has 0 aromatic carbocycles. The maximum absolute atomic E-state index is 11.8. The summed E-state index contributed by atoms with van der Waals surface area (Å²) in [5.74, 6) is -0.239.